The van der Waals surface area contributed by atoms with Crippen LogP contribution in [0.3, 0.4) is 0 Å². The molecule has 1 heterocycles. The minimum atomic E-state index is -0.578. The van der Waals surface area contributed by atoms with Gasteiger partial charge < -0.3 is 5.11 Å². The Hall–Kier alpha value is -0.210. The second-order valence-corrected chi connectivity index (χ2v) is 4.80. The van der Waals surface area contributed by atoms with Crippen LogP contribution in [0, 0.1) is 0 Å². The van der Waals surface area contributed by atoms with Gasteiger partial charge in [-0.3, -0.25) is 0 Å². The minimum Gasteiger partial charge on any atom is -0.374 e. The van der Waals surface area contributed by atoms with Crippen molar-refractivity contribution in [3.63, 3.8) is 0 Å². The lowest BCUT2D eigenvalue weighted by Crippen LogP contribution is -2.20. The fourth-order valence-electron chi connectivity index (χ4n) is 1.27. The number of hydrogen-bond donors (Lipinski definition) is 1. The monoisotopic (exact) mass is 154 g/mol. The number of thioether (sulfide) groups is 1. The lowest BCUT2D eigenvalue weighted by atomic mass is 9.96. The molecule has 0 radical (unpaired) electrons. The number of rotatable bonds is 0. The number of allylic oxidation sites excluding steroid dienone is 2. The van der Waals surface area contributed by atoms with Gasteiger partial charge in [-0.05, 0) is 19.9 Å². The highest BCUT2D eigenvalue weighted by molar-refractivity contribution is 8.09. The molecule has 1 aliphatic heterocycles. The van der Waals surface area contributed by atoms with Crippen molar-refractivity contribution in [1.29, 1.82) is 0 Å². The molecular weight excluding hydrogens is 144 g/mol. The Morgan fingerprint density at radius 1 is 1.60 bits per heavy atom. The zero-order chi connectivity index (χ0) is 7.41. The van der Waals surface area contributed by atoms with Gasteiger partial charge in [-0.2, -0.15) is 0 Å². The van der Waals surface area contributed by atoms with Gasteiger partial charge >= 0.3 is 0 Å². The Morgan fingerprint density at radius 2 is 2.30 bits per heavy atom. The zero-order valence-electron chi connectivity index (χ0n) is 6.09. The highest BCUT2D eigenvalue weighted by Crippen LogP contribution is 2.65. The van der Waals surface area contributed by atoms with Gasteiger partial charge in [0.25, 0.3) is 0 Å². The summed E-state index contributed by atoms with van der Waals surface area (Å²) in [5.41, 5.74) is 1.16. The highest BCUT2D eigenvalue weighted by Gasteiger charge is 2.63. The molecule has 0 aromatic carbocycles. The van der Waals surface area contributed by atoms with Crippen molar-refractivity contribution in [3.05, 3.63) is 23.8 Å². The van der Waals surface area contributed by atoms with E-state index in [9.17, 15) is 5.11 Å². The molecule has 0 amide bonds. The van der Waals surface area contributed by atoms with Crippen LogP contribution in [-0.2, 0) is 0 Å². The molecule has 2 unspecified atom stereocenters. The first-order chi connectivity index (χ1) is 4.56. The molecule has 1 nitrogen and oxygen atoms in total. The van der Waals surface area contributed by atoms with Crippen LogP contribution in [0.1, 0.15) is 13.8 Å². The summed E-state index contributed by atoms with van der Waals surface area (Å²) in [6.45, 7) is 4.06. The highest BCUT2D eigenvalue weighted by atomic mass is 32.2. The topological polar surface area (TPSA) is 20.2 Å². The number of fused-ring (bicyclic) bond motifs is 1. The van der Waals surface area contributed by atoms with E-state index < -0.39 is 4.93 Å². The third kappa shape index (κ3) is 0.635. The van der Waals surface area contributed by atoms with Crippen molar-refractivity contribution in [2.75, 3.05) is 0 Å². The Kier molecular flexibility index (Phi) is 0.982. The van der Waals surface area contributed by atoms with Crippen LogP contribution >= 0.6 is 11.8 Å². The summed E-state index contributed by atoms with van der Waals surface area (Å²) in [5.74, 6) is 0. The molecule has 2 aliphatic rings. The second-order valence-electron chi connectivity index (χ2n) is 3.13. The molecule has 0 aromatic rings. The third-order valence-electron chi connectivity index (χ3n) is 2.12. The smallest absolute Gasteiger partial charge is 0.148 e. The van der Waals surface area contributed by atoms with E-state index in [1.807, 2.05) is 13.0 Å². The average Bonchev–Trinajstić information content (AvgIpc) is 2.33. The molecule has 2 rings (SSSR count). The van der Waals surface area contributed by atoms with E-state index in [1.54, 1.807) is 11.8 Å². The largest absolute Gasteiger partial charge is 0.374 e. The van der Waals surface area contributed by atoms with Gasteiger partial charge in [0.2, 0.25) is 0 Å². The van der Waals surface area contributed by atoms with Gasteiger partial charge in [0, 0.05) is 0 Å². The first-order valence-electron chi connectivity index (χ1n) is 3.37. The third-order valence-corrected chi connectivity index (χ3v) is 3.65. The van der Waals surface area contributed by atoms with Crippen molar-refractivity contribution in [2.24, 2.45) is 0 Å². The van der Waals surface area contributed by atoms with Crippen molar-refractivity contribution in [2.45, 2.75) is 23.5 Å². The molecule has 54 valence electrons. The summed E-state index contributed by atoms with van der Waals surface area (Å²) in [5, 5.41) is 9.71. The van der Waals surface area contributed by atoms with Crippen LogP contribution < -0.4 is 0 Å². The Bertz CT molecular complexity index is 244. The molecule has 0 saturated carbocycles. The van der Waals surface area contributed by atoms with E-state index in [1.165, 1.54) is 0 Å². The summed E-state index contributed by atoms with van der Waals surface area (Å²) in [6, 6.07) is 0. The van der Waals surface area contributed by atoms with Crippen LogP contribution in [0.4, 0.5) is 0 Å². The van der Waals surface area contributed by atoms with Gasteiger partial charge in [-0.25, -0.2) is 0 Å². The van der Waals surface area contributed by atoms with E-state index in [-0.39, 0.29) is 4.75 Å². The average molecular weight is 154 g/mol. The van der Waals surface area contributed by atoms with Crippen LogP contribution in [-0.4, -0.2) is 14.8 Å². The first kappa shape index (κ1) is 6.50. The van der Waals surface area contributed by atoms with Crippen LogP contribution in [0.25, 0.3) is 0 Å². The van der Waals surface area contributed by atoms with Crippen LogP contribution in [0.5, 0.6) is 0 Å². The molecule has 0 bridgehead atoms. The lowest BCUT2D eigenvalue weighted by Gasteiger charge is -2.11. The van der Waals surface area contributed by atoms with Gasteiger partial charge in [0.1, 0.15) is 4.93 Å². The van der Waals surface area contributed by atoms with E-state index in [2.05, 4.69) is 19.1 Å². The van der Waals surface area contributed by atoms with E-state index in [4.69, 9.17) is 0 Å². The molecule has 2 heteroatoms. The predicted molar refractivity (Wildman–Crippen MR) is 43.8 cm³/mol. The molecule has 0 aromatic heterocycles. The fraction of sp³-hybridized carbons (Fsp3) is 0.500. The number of aliphatic hydroxyl groups is 1. The summed E-state index contributed by atoms with van der Waals surface area (Å²) in [6.07, 6.45) is 6.07. The molecule has 1 fully saturated rings. The minimum absolute atomic E-state index is 0.0213. The Balaban J connectivity index is 2.40. The van der Waals surface area contributed by atoms with Gasteiger partial charge in [-0.1, -0.05) is 17.7 Å². The first-order valence-corrected chi connectivity index (χ1v) is 4.19. The molecule has 0 spiro atoms. The van der Waals surface area contributed by atoms with E-state index in [0.717, 1.165) is 5.57 Å². The van der Waals surface area contributed by atoms with Gasteiger partial charge in [0.15, 0.2) is 0 Å². The van der Waals surface area contributed by atoms with Crippen molar-refractivity contribution >= 4 is 11.8 Å². The van der Waals surface area contributed by atoms with E-state index >= 15 is 0 Å². The Morgan fingerprint density at radius 3 is 2.80 bits per heavy atom. The van der Waals surface area contributed by atoms with Gasteiger partial charge in [-0.15, -0.1) is 11.8 Å². The Labute approximate surface area is 64.8 Å². The van der Waals surface area contributed by atoms with Crippen molar-refractivity contribution in [1.82, 2.24) is 0 Å². The maximum Gasteiger partial charge on any atom is 0.148 e. The maximum atomic E-state index is 9.71. The molecule has 1 N–H and O–H groups in total. The second kappa shape index (κ2) is 1.51. The zero-order valence-corrected chi connectivity index (χ0v) is 6.90. The summed E-state index contributed by atoms with van der Waals surface area (Å²) in [4.78, 5) is -0.578. The standard InChI is InChI=1S/C8H10OS/c1-6-3-4-7(2)8(9,5-6)10-7/h3-5,9H,1-2H3. The van der Waals surface area contributed by atoms with Crippen molar-refractivity contribution in [3.8, 4) is 0 Å². The predicted octanol–water partition coefficient (Wildman–Crippen LogP) is 1.70. The van der Waals surface area contributed by atoms with Crippen molar-refractivity contribution < 1.29 is 5.11 Å². The van der Waals surface area contributed by atoms with Gasteiger partial charge in [0.05, 0.1) is 4.75 Å². The number of hydrogen-bond acceptors (Lipinski definition) is 2. The fourth-order valence-corrected chi connectivity index (χ4v) is 2.37. The summed E-state index contributed by atoms with van der Waals surface area (Å²) < 4.78 is -0.0213. The normalized spacial score (nSPS) is 50.1. The maximum absolute atomic E-state index is 9.71. The summed E-state index contributed by atoms with van der Waals surface area (Å²) >= 11 is 1.60. The quantitative estimate of drug-likeness (QED) is 0.536. The van der Waals surface area contributed by atoms with Crippen LogP contribution in [0.2, 0.25) is 0 Å². The molecule has 10 heavy (non-hydrogen) atoms. The SMILES string of the molecule is CC1=CC2(O)SC2(C)C=C1. The van der Waals surface area contributed by atoms with E-state index in [0.29, 0.717) is 0 Å². The molecule has 1 saturated heterocycles. The molecular formula is C8H10OS. The molecule has 2 atom stereocenters. The lowest BCUT2D eigenvalue weighted by molar-refractivity contribution is 0.203. The molecule has 1 aliphatic carbocycles. The summed E-state index contributed by atoms with van der Waals surface area (Å²) in [7, 11) is 0. The van der Waals surface area contributed by atoms with Crippen LogP contribution in [0.15, 0.2) is 23.8 Å².